The maximum Gasteiger partial charge on any atom is 0.497 e. The van der Waals surface area contributed by atoms with Crippen LogP contribution < -0.4 is 0 Å². The molecule has 6 heteroatoms. The largest absolute Gasteiger partial charge is 0.497 e. The SMILES string of the molecule is CCO[Si](C)(OCC)OC(C)C(CC)OCC1CO1. The van der Waals surface area contributed by atoms with Gasteiger partial charge in [0.25, 0.3) is 0 Å². The first kappa shape index (κ1) is 17.1. The van der Waals surface area contributed by atoms with Crippen LogP contribution in [0.4, 0.5) is 0 Å². The van der Waals surface area contributed by atoms with Gasteiger partial charge in [-0.15, -0.1) is 0 Å². The Kier molecular flexibility index (Phi) is 7.49. The van der Waals surface area contributed by atoms with Gasteiger partial charge in [0.15, 0.2) is 0 Å². The molecule has 3 unspecified atom stereocenters. The first-order valence-electron chi connectivity index (χ1n) is 7.23. The van der Waals surface area contributed by atoms with Crippen molar-refractivity contribution in [2.75, 3.05) is 26.4 Å². The molecule has 1 rings (SSSR count). The summed E-state index contributed by atoms with van der Waals surface area (Å²) < 4.78 is 28.4. The third-order valence-corrected chi connectivity index (χ3v) is 5.46. The number of epoxide rings is 1. The van der Waals surface area contributed by atoms with Crippen LogP contribution >= 0.6 is 0 Å². The van der Waals surface area contributed by atoms with Gasteiger partial charge in [-0.05, 0) is 27.2 Å². The molecule has 19 heavy (non-hydrogen) atoms. The second-order valence-electron chi connectivity index (χ2n) is 4.79. The molecule has 0 aromatic rings. The quantitative estimate of drug-likeness (QED) is 0.432. The summed E-state index contributed by atoms with van der Waals surface area (Å²) >= 11 is 0. The molecule has 0 aromatic heterocycles. The Hall–Kier alpha value is 0.0169. The Morgan fingerprint density at radius 3 is 2.21 bits per heavy atom. The van der Waals surface area contributed by atoms with Crippen molar-refractivity contribution in [3.8, 4) is 0 Å². The van der Waals surface area contributed by atoms with Gasteiger partial charge in [-0.2, -0.15) is 0 Å². The summed E-state index contributed by atoms with van der Waals surface area (Å²) in [7, 11) is -2.54. The number of hydrogen-bond acceptors (Lipinski definition) is 5. The molecule has 0 aromatic carbocycles. The Labute approximate surface area is 117 Å². The van der Waals surface area contributed by atoms with Crippen LogP contribution in [0.15, 0.2) is 0 Å². The highest BCUT2D eigenvalue weighted by Gasteiger charge is 2.38. The highest BCUT2D eigenvalue weighted by Crippen LogP contribution is 2.19. The van der Waals surface area contributed by atoms with Crippen molar-refractivity contribution < 1.29 is 22.8 Å². The third-order valence-electron chi connectivity index (χ3n) is 3.04. The van der Waals surface area contributed by atoms with Gasteiger partial charge in [-0.3, -0.25) is 0 Å². The average molecular weight is 292 g/mol. The molecule has 0 radical (unpaired) electrons. The fraction of sp³-hybridized carbons (Fsp3) is 1.00. The van der Waals surface area contributed by atoms with Gasteiger partial charge in [-0.1, -0.05) is 6.92 Å². The van der Waals surface area contributed by atoms with Crippen molar-refractivity contribution in [1.82, 2.24) is 0 Å². The maximum absolute atomic E-state index is 6.05. The molecule has 0 aliphatic carbocycles. The zero-order valence-electron chi connectivity index (χ0n) is 12.8. The molecule has 1 fully saturated rings. The Morgan fingerprint density at radius 1 is 1.21 bits per heavy atom. The van der Waals surface area contributed by atoms with Crippen LogP contribution in [0.5, 0.6) is 0 Å². The van der Waals surface area contributed by atoms with Crippen LogP contribution in [0, 0.1) is 0 Å². The molecular formula is C13H28O5Si. The average Bonchev–Trinajstić information content (AvgIpc) is 3.14. The van der Waals surface area contributed by atoms with Crippen LogP contribution in [0.1, 0.15) is 34.1 Å². The van der Waals surface area contributed by atoms with Gasteiger partial charge < -0.3 is 22.8 Å². The van der Waals surface area contributed by atoms with Crippen molar-refractivity contribution in [3.05, 3.63) is 0 Å². The molecule has 1 aliphatic heterocycles. The predicted octanol–water partition coefficient (Wildman–Crippen LogP) is 2.23. The summed E-state index contributed by atoms with van der Waals surface area (Å²) in [6.07, 6.45) is 1.19. The van der Waals surface area contributed by atoms with E-state index in [0.717, 1.165) is 13.0 Å². The standard InChI is InChI=1S/C13H28O5Si/c1-6-13(15-10-12-9-14-12)11(4)18-19(5,16-7-2)17-8-3/h11-13H,6-10H2,1-5H3. The fourth-order valence-electron chi connectivity index (χ4n) is 2.03. The topological polar surface area (TPSA) is 49.5 Å². The summed E-state index contributed by atoms with van der Waals surface area (Å²) in [5.74, 6) is 0. The van der Waals surface area contributed by atoms with Gasteiger partial charge in [0.05, 0.1) is 25.4 Å². The van der Waals surface area contributed by atoms with Gasteiger partial charge in [0.2, 0.25) is 0 Å². The van der Waals surface area contributed by atoms with E-state index in [0.29, 0.717) is 19.8 Å². The molecule has 3 atom stereocenters. The summed E-state index contributed by atoms with van der Waals surface area (Å²) in [4.78, 5) is 0. The van der Waals surface area contributed by atoms with E-state index in [9.17, 15) is 0 Å². The van der Waals surface area contributed by atoms with E-state index >= 15 is 0 Å². The van der Waals surface area contributed by atoms with Crippen molar-refractivity contribution >= 4 is 8.80 Å². The van der Waals surface area contributed by atoms with Gasteiger partial charge in [0.1, 0.15) is 6.10 Å². The number of ether oxygens (including phenoxy) is 2. The van der Waals surface area contributed by atoms with E-state index in [1.54, 1.807) is 0 Å². The predicted molar refractivity (Wildman–Crippen MR) is 75.2 cm³/mol. The zero-order valence-corrected chi connectivity index (χ0v) is 13.8. The number of hydrogen-bond donors (Lipinski definition) is 0. The van der Waals surface area contributed by atoms with Crippen LogP contribution in [-0.2, 0) is 22.8 Å². The van der Waals surface area contributed by atoms with E-state index in [-0.39, 0.29) is 18.3 Å². The van der Waals surface area contributed by atoms with E-state index in [1.165, 1.54) is 0 Å². The Balaban J connectivity index is 2.44. The summed E-state index contributed by atoms with van der Waals surface area (Å²) in [5.41, 5.74) is 0. The highest BCUT2D eigenvalue weighted by molar-refractivity contribution is 6.59. The molecule has 0 saturated carbocycles. The molecule has 114 valence electrons. The molecule has 0 spiro atoms. The third kappa shape index (κ3) is 6.33. The number of rotatable bonds is 11. The Morgan fingerprint density at radius 2 is 1.79 bits per heavy atom. The van der Waals surface area contributed by atoms with Crippen molar-refractivity contribution in [2.45, 2.75) is 59.0 Å². The second kappa shape index (κ2) is 8.34. The van der Waals surface area contributed by atoms with Crippen LogP contribution in [0.3, 0.4) is 0 Å². The lowest BCUT2D eigenvalue weighted by atomic mass is 10.2. The smallest absolute Gasteiger partial charge is 0.374 e. The minimum atomic E-state index is -2.54. The molecule has 1 saturated heterocycles. The lowest BCUT2D eigenvalue weighted by molar-refractivity contribution is -0.0559. The van der Waals surface area contributed by atoms with Gasteiger partial charge in [-0.25, -0.2) is 0 Å². The van der Waals surface area contributed by atoms with Crippen molar-refractivity contribution in [2.24, 2.45) is 0 Å². The van der Waals surface area contributed by atoms with Crippen LogP contribution in [0.25, 0.3) is 0 Å². The van der Waals surface area contributed by atoms with E-state index in [1.807, 2.05) is 27.3 Å². The van der Waals surface area contributed by atoms with Crippen molar-refractivity contribution in [3.63, 3.8) is 0 Å². The second-order valence-corrected chi connectivity index (χ2v) is 7.32. The molecule has 0 N–H and O–H groups in total. The first-order valence-corrected chi connectivity index (χ1v) is 9.46. The summed E-state index contributed by atoms with van der Waals surface area (Å²) in [6, 6.07) is 0. The highest BCUT2D eigenvalue weighted by atomic mass is 28.4. The van der Waals surface area contributed by atoms with E-state index in [4.69, 9.17) is 22.8 Å². The molecule has 0 bridgehead atoms. The molecule has 1 aliphatic rings. The lowest BCUT2D eigenvalue weighted by Gasteiger charge is -2.32. The molecule has 1 heterocycles. The summed E-state index contributed by atoms with van der Waals surface area (Å²) in [6.45, 7) is 12.6. The van der Waals surface area contributed by atoms with E-state index < -0.39 is 8.80 Å². The molecular weight excluding hydrogens is 264 g/mol. The summed E-state index contributed by atoms with van der Waals surface area (Å²) in [5, 5.41) is 0. The normalized spacial score (nSPS) is 22.3. The molecule has 0 amide bonds. The maximum atomic E-state index is 6.05. The fourth-order valence-corrected chi connectivity index (χ4v) is 4.12. The molecule has 5 nitrogen and oxygen atoms in total. The monoisotopic (exact) mass is 292 g/mol. The van der Waals surface area contributed by atoms with Gasteiger partial charge in [0, 0.05) is 19.8 Å². The minimum absolute atomic E-state index is 0.0430. The van der Waals surface area contributed by atoms with Crippen LogP contribution in [-0.4, -0.2) is 53.5 Å². The first-order chi connectivity index (χ1) is 9.04. The Bertz CT molecular complexity index is 241. The van der Waals surface area contributed by atoms with Crippen molar-refractivity contribution in [1.29, 1.82) is 0 Å². The zero-order chi connectivity index (χ0) is 14.3. The van der Waals surface area contributed by atoms with Crippen LogP contribution in [0.2, 0.25) is 6.55 Å². The lowest BCUT2D eigenvalue weighted by Crippen LogP contribution is -2.48. The van der Waals surface area contributed by atoms with E-state index in [2.05, 4.69) is 6.92 Å². The van der Waals surface area contributed by atoms with Gasteiger partial charge >= 0.3 is 8.80 Å². The minimum Gasteiger partial charge on any atom is -0.374 e.